The van der Waals surface area contributed by atoms with E-state index in [4.69, 9.17) is 9.25 Å². The molecule has 0 aliphatic carbocycles. The molecular weight excluding hydrogens is 302 g/mol. The van der Waals surface area contributed by atoms with Gasteiger partial charge in [-0.3, -0.25) is 9.59 Å². The van der Waals surface area contributed by atoms with Crippen molar-refractivity contribution in [2.75, 3.05) is 0 Å². The smallest absolute Gasteiger partial charge is 0.367 e. The standard InChI is InChI=1S/C16H11NO6/c1-8-7-12(18)22-9(2)13(8)16(21)23-17-14(19)10-5-3-4-6-11(10)15(17)20/h3-7H,1-2H3. The van der Waals surface area contributed by atoms with E-state index in [0.29, 0.717) is 10.6 Å². The number of carbonyl (C=O) groups is 3. The molecule has 0 spiro atoms. The minimum absolute atomic E-state index is 0.00107. The second kappa shape index (κ2) is 5.20. The fourth-order valence-electron chi connectivity index (χ4n) is 2.44. The Bertz CT molecular complexity index is 850. The third kappa shape index (κ3) is 2.32. The molecule has 1 aliphatic heterocycles. The third-order valence-electron chi connectivity index (χ3n) is 3.47. The van der Waals surface area contributed by atoms with Gasteiger partial charge in [-0.15, -0.1) is 0 Å². The first-order valence-electron chi connectivity index (χ1n) is 6.71. The summed E-state index contributed by atoms with van der Waals surface area (Å²) in [5, 5.41) is 0.414. The molecule has 0 unspecified atom stereocenters. The molecular formula is C16H11NO6. The van der Waals surface area contributed by atoms with E-state index in [9.17, 15) is 19.2 Å². The van der Waals surface area contributed by atoms with Crippen molar-refractivity contribution in [3.63, 3.8) is 0 Å². The van der Waals surface area contributed by atoms with Gasteiger partial charge in [-0.1, -0.05) is 17.2 Å². The van der Waals surface area contributed by atoms with Gasteiger partial charge in [0.15, 0.2) is 0 Å². The zero-order valence-corrected chi connectivity index (χ0v) is 12.3. The van der Waals surface area contributed by atoms with Gasteiger partial charge >= 0.3 is 11.6 Å². The minimum Gasteiger partial charge on any atom is -0.427 e. The first kappa shape index (κ1) is 14.7. The second-order valence-corrected chi connectivity index (χ2v) is 5.01. The SMILES string of the molecule is Cc1cc(=O)oc(C)c1C(=O)ON1C(=O)c2ccccc2C1=O. The summed E-state index contributed by atoms with van der Waals surface area (Å²) in [5.74, 6) is -2.33. The predicted octanol–water partition coefficient (Wildman–Crippen LogP) is 1.62. The fraction of sp³-hybridized carbons (Fsp3) is 0.125. The van der Waals surface area contributed by atoms with Crippen molar-refractivity contribution in [3.05, 3.63) is 68.8 Å². The molecule has 2 aromatic rings. The molecule has 0 fully saturated rings. The lowest BCUT2D eigenvalue weighted by atomic mass is 10.1. The van der Waals surface area contributed by atoms with E-state index in [1.807, 2.05) is 0 Å². The number of carbonyl (C=O) groups excluding carboxylic acids is 3. The molecule has 1 aliphatic rings. The summed E-state index contributed by atoms with van der Waals surface area (Å²) >= 11 is 0. The molecule has 0 atom stereocenters. The maximum absolute atomic E-state index is 12.3. The number of benzene rings is 1. The number of imide groups is 1. The molecule has 0 radical (unpaired) electrons. The molecule has 0 saturated heterocycles. The first-order chi connectivity index (χ1) is 10.9. The van der Waals surface area contributed by atoms with Crippen LogP contribution in [0.5, 0.6) is 0 Å². The highest BCUT2D eigenvalue weighted by Crippen LogP contribution is 2.24. The predicted molar refractivity (Wildman–Crippen MR) is 76.8 cm³/mol. The van der Waals surface area contributed by atoms with Crippen LogP contribution in [0.2, 0.25) is 0 Å². The number of hydrogen-bond donors (Lipinski definition) is 0. The fourth-order valence-corrected chi connectivity index (χ4v) is 2.44. The lowest BCUT2D eigenvalue weighted by Gasteiger charge is -2.14. The Morgan fingerprint density at radius 2 is 1.61 bits per heavy atom. The Balaban J connectivity index is 1.92. The van der Waals surface area contributed by atoms with Crippen molar-refractivity contribution in [2.45, 2.75) is 13.8 Å². The molecule has 7 nitrogen and oxygen atoms in total. The molecule has 7 heteroatoms. The lowest BCUT2D eigenvalue weighted by Crippen LogP contribution is -2.33. The molecule has 1 aromatic heterocycles. The Morgan fingerprint density at radius 1 is 1.04 bits per heavy atom. The summed E-state index contributed by atoms with van der Waals surface area (Å²) in [6.45, 7) is 2.95. The summed E-state index contributed by atoms with van der Waals surface area (Å²) in [4.78, 5) is 52.8. The van der Waals surface area contributed by atoms with Crippen molar-refractivity contribution in [2.24, 2.45) is 0 Å². The summed E-state index contributed by atoms with van der Waals surface area (Å²) < 4.78 is 4.85. The number of rotatable bonds is 2. The van der Waals surface area contributed by atoms with Crippen LogP contribution in [-0.4, -0.2) is 22.8 Å². The number of amides is 2. The van der Waals surface area contributed by atoms with Crippen LogP contribution in [0.25, 0.3) is 0 Å². The highest BCUT2D eigenvalue weighted by atomic mass is 16.7. The van der Waals surface area contributed by atoms with Crippen molar-refractivity contribution < 1.29 is 23.6 Å². The average Bonchev–Trinajstić information content (AvgIpc) is 2.72. The van der Waals surface area contributed by atoms with Crippen LogP contribution in [0.4, 0.5) is 0 Å². The number of hydrogen-bond acceptors (Lipinski definition) is 6. The summed E-state index contributed by atoms with van der Waals surface area (Å²) in [7, 11) is 0. The van der Waals surface area contributed by atoms with Gasteiger partial charge in [0.05, 0.1) is 11.1 Å². The average molecular weight is 313 g/mol. The highest BCUT2D eigenvalue weighted by molar-refractivity contribution is 6.21. The van der Waals surface area contributed by atoms with Crippen molar-refractivity contribution in [1.29, 1.82) is 0 Å². The monoisotopic (exact) mass is 313 g/mol. The Labute approximate surface area is 130 Å². The number of fused-ring (bicyclic) bond motifs is 1. The van der Waals surface area contributed by atoms with Crippen LogP contribution in [0.1, 0.15) is 42.4 Å². The van der Waals surface area contributed by atoms with Gasteiger partial charge in [-0.25, -0.2) is 9.59 Å². The Kier molecular flexibility index (Phi) is 3.33. The van der Waals surface area contributed by atoms with Gasteiger partial charge in [0.1, 0.15) is 11.3 Å². The van der Waals surface area contributed by atoms with Crippen LogP contribution in [0.15, 0.2) is 39.5 Å². The normalized spacial score (nSPS) is 13.2. The molecule has 2 amide bonds. The highest BCUT2D eigenvalue weighted by Gasteiger charge is 2.39. The van der Waals surface area contributed by atoms with E-state index in [-0.39, 0.29) is 22.5 Å². The van der Waals surface area contributed by atoms with E-state index < -0.39 is 23.4 Å². The number of aryl methyl sites for hydroxylation is 2. The largest absolute Gasteiger partial charge is 0.427 e. The van der Waals surface area contributed by atoms with E-state index in [1.165, 1.54) is 26.0 Å². The van der Waals surface area contributed by atoms with Gasteiger partial charge < -0.3 is 9.25 Å². The van der Waals surface area contributed by atoms with Gasteiger partial charge in [0.2, 0.25) is 0 Å². The maximum atomic E-state index is 12.3. The molecule has 116 valence electrons. The Morgan fingerprint density at radius 3 is 2.13 bits per heavy atom. The zero-order chi connectivity index (χ0) is 16.7. The van der Waals surface area contributed by atoms with E-state index in [1.54, 1.807) is 12.1 Å². The van der Waals surface area contributed by atoms with Crippen LogP contribution in [0, 0.1) is 13.8 Å². The van der Waals surface area contributed by atoms with E-state index in [0.717, 1.165) is 6.07 Å². The molecule has 0 N–H and O–H groups in total. The number of hydroxylamine groups is 2. The van der Waals surface area contributed by atoms with Gasteiger partial charge in [0, 0.05) is 6.07 Å². The van der Waals surface area contributed by atoms with E-state index >= 15 is 0 Å². The second-order valence-electron chi connectivity index (χ2n) is 5.01. The summed E-state index contributed by atoms with van der Waals surface area (Å²) in [6.07, 6.45) is 0. The van der Waals surface area contributed by atoms with E-state index in [2.05, 4.69) is 0 Å². The zero-order valence-electron chi connectivity index (χ0n) is 12.3. The molecule has 2 heterocycles. The van der Waals surface area contributed by atoms with Crippen LogP contribution >= 0.6 is 0 Å². The number of nitrogens with zero attached hydrogens (tertiary/aromatic N) is 1. The minimum atomic E-state index is -0.946. The van der Waals surface area contributed by atoms with Crippen LogP contribution < -0.4 is 5.63 Å². The lowest BCUT2D eigenvalue weighted by molar-refractivity contribution is -0.0587. The molecule has 1 aromatic carbocycles. The molecule has 23 heavy (non-hydrogen) atoms. The molecule has 0 bridgehead atoms. The van der Waals surface area contributed by atoms with Crippen molar-refractivity contribution in [3.8, 4) is 0 Å². The maximum Gasteiger partial charge on any atom is 0.367 e. The van der Waals surface area contributed by atoms with Gasteiger partial charge in [-0.05, 0) is 31.5 Å². The van der Waals surface area contributed by atoms with Crippen LogP contribution in [0.3, 0.4) is 0 Å². The first-order valence-corrected chi connectivity index (χ1v) is 6.71. The Hall–Kier alpha value is -3.22. The van der Waals surface area contributed by atoms with Crippen molar-refractivity contribution in [1.82, 2.24) is 5.06 Å². The topological polar surface area (TPSA) is 93.9 Å². The van der Waals surface area contributed by atoms with Crippen LogP contribution in [-0.2, 0) is 4.84 Å². The molecule has 3 rings (SSSR count). The summed E-state index contributed by atoms with van der Waals surface area (Å²) in [5.41, 5.74) is 0.0653. The molecule has 0 saturated carbocycles. The van der Waals surface area contributed by atoms with Gasteiger partial charge in [-0.2, -0.15) is 0 Å². The quantitative estimate of drug-likeness (QED) is 0.782. The summed E-state index contributed by atoms with van der Waals surface area (Å²) in [6, 6.07) is 7.29. The third-order valence-corrected chi connectivity index (χ3v) is 3.47. The van der Waals surface area contributed by atoms with Crippen molar-refractivity contribution >= 4 is 17.8 Å². The van der Waals surface area contributed by atoms with Gasteiger partial charge in [0.25, 0.3) is 11.8 Å².